The van der Waals surface area contributed by atoms with Gasteiger partial charge >= 0.3 is 5.69 Å². The minimum atomic E-state index is -0.190. The minimum absolute atomic E-state index is 0.0356. The Labute approximate surface area is 244 Å². The Morgan fingerprint density at radius 2 is 1.88 bits per heavy atom. The molecular weight excluding hydrogens is 538 g/mol. The highest BCUT2D eigenvalue weighted by Crippen LogP contribution is 2.43. The number of hydrogen-bond acceptors (Lipinski definition) is 7. The fraction of sp³-hybridized carbons (Fsp3) is 0.387. The van der Waals surface area contributed by atoms with Gasteiger partial charge in [-0.3, -0.25) is 9.47 Å². The zero-order chi connectivity index (χ0) is 29.1. The molecule has 214 valence electrons. The summed E-state index contributed by atoms with van der Waals surface area (Å²) in [5, 5.41) is 11.9. The van der Waals surface area contributed by atoms with Crippen LogP contribution in [0.5, 0.6) is 5.75 Å². The van der Waals surface area contributed by atoms with Crippen molar-refractivity contribution < 1.29 is 5.11 Å². The van der Waals surface area contributed by atoms with Gasteiger partial charge in [-0.25, -0.2) is 14.8 Å². The van der Waals surface area contributed by atoms with Gasteiger partial charge in [-0.2, -0.15) is 0 Å². The molecule has 0 bridgehead atoms. The summed E-state index contributed by atoms with van der Waals surface area (Å²) in [5.74, 6) is 0.513. The molecule has 1 atom stereocenters. The van der Waals surface area contributed by atoms with Crippen molar-refractivity contribution in [3.63, 3.8) is 0 Å². The van der Waals surface area contributed by atoms with E-state index >= 15 is 0 Å². The molecular formula is C31H36ClN7O2. The molecule has 3 aromatic heterocycles. The fourth-order valence-electron chi connectivity index (χ4n) is 6.72. The first-order valence-electron chi connectivity index (χ1n) is 14.1. The van der Waals surface area contributed by atoms with E-state index in [0.717, 1.165) is 37.4 Å². The van der Waals surface area contributed by atoms with Crippen molar-refractivity contribution >= 4 is 23.1 Å². The van der Waals surface area contributed by atoms with E-state index in [4.69, 9.17) is 22.3 Å². The van der Waals surface area contributed by atoms with Gasteiger partial charge in [-0.15, -0.1) is 0 Å². The molecule has 2 aliphatic rings. The van der Waals surface area contributed by atoms with Gasteiger partial charge in [0.15, 0.2) is 0 Å². The number of likely N-dealkylation sites (tertiary alicyclic amines) is 1. The van der Waals surface area contributed by atoms with Crippen molar-refractivity contribution in [2.24, 2.45) is 7.05 Å². The number of anilines is 2. The third-order valence-corrected chi connectivity index (χ3v) is 9.01. The number of aromatic nitrogens is 4. The third-order valence-electron chi connectivity index (χ3n) is 8.70. The average molecular weight is 574 g/mol. The molecule has 4 aromatic rings. The maximum atomic E-state index is 12.4. The largest absolute Gasteiger partial charge is 0.505 e. The zero-order valence-electron chi connectivity index (χ0n) is 23.9. The molecule has 0 amide bonds. The monoisotopic (exact) mass is 573 g/mol. The second-order valence-corrected chi connectivity index (χ2v) is 12.1. The molecule has 1 aromatic carbocycles. The number of benzene rings is 1. The highest BCUT2D eigenvalue weighted by atomic mass is 35.5. The number of nitrogen functional groups attached to an aromatic ring is 1. The highest BCUT2D eigenvalue weighted by molar-refractivity contribution is 6.32. The van der Waals surface area contributed by atoms with Crippen molar-refractivity contribution in [1.29, 1.82) is 0 Å². The molecule has 0 saturated carbocycles. The molecule has 3 N–H and O–H groups in total. The van der Waals surface area contributed by atoms with Crippen LogP contribution >= 0.6 is 11.6 Å². The van der Waals surface area contributed by atoms with Crippen LogP contribution in [0, 0.1) is 6.92 Å². The summed E-state index contributed by atoms with van der Waals surface area (Å²) in [6, 6.07) is 9.71. The number of pyridine rings is 2. The smallest absolute Gasteiger partial charge is 0.332 e. The van der Waals surface area contributed by atoms with E-state index < -0.39 is 0 Å². The molecule has 10 heteroatoms. The molecule has 2 saturated heterocycles. The normalized spacial score (nSPS) is 19.2. The van der Waals surface area contributed by atoms with Crippen LogP contribution in [-0.2, 0) is 7.05 Å². The van der Waals surface area contributed by atoms with Crippen LogP contribution in [0.1, 0.15) is 38.8 Å². The summed E-state index contributed by atoms with van der Waals surface area (Å²) >= 11 is 6.64. The van der Waals surface area contributed by atoms with Crippen LogP contribution in [0.15, 0.2) is 53.7 Å². The topological polar surface area (TPSA) is 105 Å². The molecule has 41 heavy (non-hydrogen) atoms. The summed E-state index contributed by atoms with van der Waals surface area (Å²) in [6.07, 6.45) is 8.54. The van der Waals surface area contributed by atoms with Gasteiger partial charge < -0.3 is 20.3 Å². The van der Waals surface area contributed by atoms with E-state index in [-0.39, 0.29) is 17.0 Å². The summed E-state index contributed by atoms with van der Waals surface area (Å²) in [5.41, 5.74) is 11.0. The third kappa shape index (κ3) is 4.67. The predicted molar refractivity (Wildman–Crippen MR) is 164 cm³/mol. The molecule has 2 aliphatic heterocycles. The number of imidazole rings is 1. The lowest BCUT2D eigenvalue weighted by Crippen LogP contribution is -2.49. The lowest BCUT2D eigenvalue weighted by molar-refractivity contribution is 0.120. The van der Waals surface area contributed by atoms with Crippen LogP contribution in [0.3, 0.4) is 0 Å². The molecule has 9 nitrogen and oxygen atoms in total. The van der Waals surface area contributed by atoms with Crippen LogP contribution < -0.4 is 16.3 Å². The Bertz CT molecular complexity index is 1690. The van der Waals surface area contributed by atoms with Crippen molar-refractivity contribution in [3.05, 3.63) is 70.1 Å². The first-order chi connectivity index (χ1) is 19.6. The van der Waals surface area contributed by atoms with Crippen LogP contribution in [-0.4, -0.2) is 60.3 Å². The Hall–Kier alpha value is -3.82. The summed E-state index contributed by atoms with van der Waals surface area (Å²) < 4.78 is 2.98. The molecule has 1 spiro atoms. The number of aromatic hydroxyl groups is 1. The van der Waals surface area contributed by atoms with Gasteiger partial charge in [0.25, 0.3) is 0 Å². The number of halogens is 1. The summed E-state index contributed by atoms with van der Waals surface area (Å²) in [4.78, 5) is 26.6. The van der Waals surface area contributed by atoms with Gasteiger partial charge in [0.05, 0.1) is 16.4 Å². The SMILES string of the molecule is Cc1cc(-c2ccc(-n3ccn(C)c3=O)c(Cl)c2)c(O)c(-c2cnc(N)c(N3CCC4(CCCN4C(C)C)C3)c2)n1. The second kappa shape index (κ2) is 10.2. The number of hydrogen-bond donors (Lipinski definition) is 2. The zero-order valence-corrected chi connectivity index (χ0v) is 24.7. The van der Waals surface area contributed by atoms with Crippen LogP contribution in [0.2, 0.25) is 5.02 Å². The highest BCUT2D eigenvalue weighted by Gasteiger charge is 2.47. The van der Waals surface area contributed by atoms with E-state index in [2.05, 4.69) is 28.6 Å². The Morgan fingerprint density at radius 1 is 1.07 bits per heavy atom. The number of nitrogens with two attached hydrogens (primary N) is 1. The molecule has 2 fully saturated rings. The van der Waals surface area contributed by atoms with Gasteiger partial charge in [0, 0.05) is 67.1 Å². The lowest BCUT2D eigenvalue weighted by atomic mass is 9.94. The van der Waals surface area contributed by atoms with Crippen molar-refractivity contribution in [1.82, 2.24) is 24.0 Å². The maximum absolute atomic E-state index is 12.4. The standard InChI is InChI=1S/C31H36ClN7O2/c1-19(2)39-10-5-8-31(39)9-11-37(18-31)26-16-22(17-34-29(26)33)27-28(40)23(14-20(3)35-27)21-6-7-25(24(32)15-21)38-13-12-36(4)30(38)41/h6-7,12-17,19,40H,5,8-11,18H2,1-4H3,(H2,33,34). The average Bonchev–Trinajstić information content (AvgIpc) is 3.65. The van der Waals surface area contributed by atoms with Gasteiger partial charge in [0.2, 0.25) is 0 Å². The summed E-state index contributed by atoms with van der Waals surface area (Å²) in [7, 11) is 1.69. The van der Waals surface area contributed by atoms with Gasteiger partial charge in [-0.1, -0.05) is 17.7 Å². The van der Waals surface area contributed by atoms with Crippen molar-refractivity contribution in [3.8, 4) is 33.8 Å². The molecule has 0 aliphatic carbocycles. The molecule has 1 unspecified atom stereocenters. The fourth-order valence-corrected chi connectivity index (χ4v) is 6.99. The number of rotatable bonds is 5. The van der Waals surface area contributed by atoms with Crippen LogP contribution in [0.25, 0.3) is 28.1 Å². The number of nitrogens with zero attached hydrogens (tertiary/aromatic N) is 6. The maximum Gasteiger partial charge on any atom is 0.332 e. The second-order valence-electron chi connectivity index (χ2n) is 11.7. The van der Waals surface area contributed by atoms with E-state index in [1.807, 2.05) is 25.1 Å². The van der Waals surface area contributed by atoms with Crippen molar-refractivity contribution in [2.75, 3.05) is 30.3 Å². The predicted octanol–water partition coefficient (Wildman–Crippen LogP) is 5.00. The summed E-state index contributed by atoms with van der Waals surface area (Å²) in [6.45, 7) is 9.40. The van der Waals surface area contributed by atoms with Gasteiger partial charge in [-0.05, 0) is 76.4 Å². The Morgan fingerprint density at radius 3 is 2.59 bits per heavy atom. The van der Waals surface area contributed by atoms with E-state index in [1.54, 1.807) is 37.8 Å². The minimum Gasteiger partial charge on any atom is -0.505 e. The lowest BCUT2D eigenvalue weighted by Gasteiger charge is -2.38. The molecule has 0 radical (unpaired) electrons. The first kappa shape index (κ1) is 27.4. The first-order valence-corrected chi connectivity index (χ1v) is 14.5. The Balaban J connectivity index is 1.35. The van der Waals surface area contributed by atoms with Crippen molar-refractivity contribution in [2.45, 2.75) is 51.6 Å². The van der Waals surface area contributed by atoms with E-state index in [0.29, 0.717) is 45.0 Å². The molecule has 5 heterocycles. The van der Waals surface area contributed by atoms with E-state index in [1.165, 1.54) is 22.0 Å². The van der Waals surface area contributed by atoms with Gasteiger partial charge in [0.1, 0.15) is 17.3 Å². The number of aryl methyl sites for hydroxylation is 2. The molecule has 6 rings (SSSR count). The van der Waals surface area contributed by atoms with Crippen LogP contribution in [0.4, 0.5) is 11.5 Å². The van der Waals surface area contributed by atoms with E-state index in [9.17, 15) is 9.90 Å². The quantitative estimate of drug-likeness (QED) is 0.346. The Kier molecular flexibility index (Phi) is 6.82.